The van der Waals surface area contributed by atoms with Crippen LogP contribution in [0.3, 0.4) is 0 Å². The van der Waals surface area contributed by atoms with Crippen molar-refractivity contribution in [1.82, 2.24) is 10.2 Å². The molecule has 1 saturated heterocycles. The maximum atomic E-state index is 13.1. The molecule has 4 rings (SSSR count). The number of benzene rings is 3. The molecule has 1 aliphatic heterocycles. The Morgan fingerprint density at radius 3 is 2.43 bits per heavy atom. The predicted molar refractivity (Wildman–Crippen MR) is 113 cm³/mol. The SMILES string of the molecule is Cc1ccc(COC(=O)CN2C(=O)N[C@@](C)(c3ccc4ccccc4c3)C2=O)cc1. The van der Waals surface area contributed by atoms with Gasteiger partial charge in [0, 0.05) is 0 Å². The van der Waals surface area contributed by atoms with Gasteiger partial charge in [0.2, 0.25) is 0 Å². The first-order valence-corrected chi connectivity index (χ1v) is 9.71. The molecular formula is C24H22N2O4. The van der Waals surface area contributed by atoms with Gasteiger partial charge in [-0.15, -0.1) is 0 Å². The van der Waals surface area contributed by atoms with E-state index in [9.17, 15) is 14.4 Å². The average Bonchev–Trinajstić information content (AvgIpc) is 2.97. The van der Waals surface area contributed by atoms with Gasteiger partial charge in [-0.3, -0.25) is 14.5 Å². The maximum Gasteiger partial charge on any atom is 0.326 e. The van der Waals surface area contributed by atoms with Crippen molar-refractivity contribution in [2.45, 2.75) is 26.0 Å². The van der Waals surface area contributed by atoms with Gasteiger partial charge >= 0.3 is 12.0 Å². The first-order chi connectivity index (χ1) is 14.4. The molecule has 1 atom stereocenters. The molecule has 3 aromatic carbocycles. The van der Waals surface area contributed by atoms with Crippen LogP contribution >= 0.6 is 0 Å². The van der Waals surface area contributed by atoms with E-state index in [4.69, 9.17) is 4.74 Å². The maximum absolute atomic E-state index is 13.1. The largest absolute Gasteiger partial charge is 0.459 e. The fourth-order valence-corrected chi connectivity index (χ4v) is 3.56. The minimum atomic E-state index is -1.24. The van der Waals surface area contributed by atoms with Gasteiger partial charge in [0.05, 0.1) is 0 Å². The zero-order valence-electron chi connectivity index (χ0n) is 16.8. The average molecular weight is 402 g/mol. The van der Waals surface area contributed by atoms with Gasteiger partial charge in [0.25, 0.3) is 5.91 Å². The molecule has 152 valence electrons. The van der Waals surface area contributed by atoms with E-state index >= 15 is 0 Å². The molecule has 0 unspecified atom stereocenters. The number of hydrogen-bond donors (Lipinski definition) is 1. The Bertz CT molecular complexity index is 1140. The highest BCUT2D eigenvalue weighted by atomic mass is 16.5. The zero-order chi connectivity index (χ0) is 21.3. The zero-order valence-corrected chi connectivity index (χ0v) is 16.8. The number of esters is 1. The highest BCUT2D eigenvalue weighted by Gasteiger charge is 2.49. The highest BCUT2D eigenvalue weighted by Crippen LogP contribution is 2.31. The van der Waals surface area contributed by atoms with E-state index in [1.165, 1.54) is 0 Å². The summed E-state index contributed by atoms with van der Waals surface area (Å²) in [6, 6.07) is 20.4. The van der Waals surface area contributed by atoms with Crippen LogP contribution < -0.4 is 5.32 Å². The third-order valence-corrected chi connectivity index (χ3v) is 5.41. The summed E-state index contributed by atoms with van der Waals surface area (Å²) in [7, 11) is 0. The molecule has 30 heavy (non-hydrogen) atoms. The van der Waals surface area contributed by atoms with Crippen molar-refractivity contribution in [1.29, 1.82) is 0 Å². The molecule has 1 heterocycles. The van der Waals surface area contributed by atoms with Crippen molar-refractivity contribution >= 4 is 28.7 Å². The molecule has 6 heteroatoms. The van der Waals surface area contributed by atoms with E-state index in [0.717, 1.165) is 26.8 Å². The van der Waals surface area contributed by atoms with E-state index in [1.54, 1.807) is 6.92 Å². The number of nitrogens with one attached hydrogen (secondary N) is 1. The lowest BCUT2D eigenvalue weighted by molar-refractivity contribution is -0.148. The lowest BCUT2D eigenvalue weighted by Crippen LogP contribution is -2.41. The minimum Gasteiger partial charge on any atom is -0.459 e. The summed E-state index contributed by atoms with van der Waals surface area (Å²) in [6.45, 7) is 3.28. The minimum absolute atomic E-state index is 0.0880. The molecule has 0 bridgehead atoms. The Morgan fingerprint density at radius 2 is 1.70 bits per heavy atom. The number of urea groups is 1. The molecule has 0 spiro atoms. The van der Waals surface area contributed by atoms with Crippen molar-refractivity contribution in [3.63, 3.8) is 0 Å². The quantitative estimate of drug-likeness (QED) is 0.522. The first kappa shape index (κ1) is 19.6. The Morgan fingerprint density at radius 1 is 1.00 bits per heavy atom. The van der Waals surface area contributed by atoms with Crippen molar-refractivity contribution in [3.05, 3.63) is 83.4 Å². The Kier molecular flexibility index (Phi) is 4.99. The Hall–Kier alpha value is -3.67. The third-order valence-electron chi connectivity index (χ3n) is 5.41. The van der Waals surface area contributed by atoms with Gasteiger partial charge in [-0.1, -0.05) is 66.2 Å². The predicted octanol–water partition coefficient (Wildman–Crippen LogP) is 3.66. The second-order valence-corrected chi connectivity index (χ2v) is 7.65. The van der Waals surface area contributed by atoms with Crippen LogP contribution in [0.15, 0.2) is 66.7 Å². The third kappa shape index (κ3) is 3.64. The number of fused-ring (bicyclic) bond motifs is 1. The Balaban J connectivity index is 1.47. The number of amides is 3. The van der Waals surface area contributed by atoms with Gasteiger partial charge < -0.3 is 10.1 Å². The van der Waals surface area contributed by atoms with E-state index in [-0.39, 0.29) is 6.61 Å². The van der Waals surface area contributed by atoms with Crippen LogP contribution in [0.1, 0.15) is 23.6 Å². The molecule has 0 aromatic heterocycles. The van der Waals surface area contributed by atoms with Crippen molar-refractivity contribution in [3.8, 4) is 0 Å². The highest BCUT2D eigenvalue weighted by molar-refractivity contribution is 6.09. The van der Waals surface area contributed by atoms with Crippen LogP contribution in [0.25, 0.3) is 10.8 Å². The van der Waals surface area contributed by atoms with E-state index in [0.29, 0.717) is 5.56 Å². The number of imide groups is 1. The Labute approximate surface area is 174 Å². The number of rotatable bonds is 5. The summed E-state index contributed by atoms with van der Waals surface area (Å²) in [4.78, 5) is 38.7. The molecule has 6 nitrogen and oxygen atoms in total. The van der Waals surface area contributed by atoms with E-state index < -0.39 is 30.0 Å². The fourth-order valence-electron chi connectivity index (χ4n) is 3.56. The number of aryl methyl sites for hydroxylation is 1. The second kappa shape index (κ2) is 7.63. The fraction of sp³-hybridized carbons (Fsp3) is 0.208. The van der Waals surface area contributed by atoms with Gasteiger partial charge in [0.1, 0.15) is 18.7 Å². The second-order valence-electron chi connectivity index (χ2n) is 7.65. The van der Waals surface area contributed by atoms with Crippen molar-refractivity contribution < 1.29 is 19.1 Å². The summed E-state index contributed by atoms with van der Waals surface area (Å²) in [5, 5.41) is 4.73. The molecule has 1 aliphatic rings. The molecule has 0 radical (unpaired) electrons. The van der Waals surface area contributed by atoms with Crippen LogP contribution in [0.2, 0.25) is 0 Å². The lowest BCUT2D eigenvalue weighted by Gasteiger charge is -2.22. The number of hydrogen-bond acceptors (Lipinski definition) is 4. The van der Waals surface area contributed by atoms with E-state index in [2.05, 4.69) is 5.32 Å². The van der Waals surface area contributed by atoms with Crippen LogP contribution in [0.5, 0.6) is 0 Å². The van der Waals surface area contributed by atoms with Crippen LogP contribution in [-0.2, 0) is 26.5 Å². The summed E-state index contributed by atoms with van der Waals surface area (Å²) in [6.07, 6.45) is 0. The lowest BCUT2D eigenvalue weighted by atomic mass is 9.90. The summed E-state index contributed by atoms with van der Waals surface area (Å²) < 4.78 is 5.25. The van der Waals surface area contributed by atoms with Crippen molar-refractivity contribution in [2.24, 2.45) is 0 Å². The smallest absolute Gasteiger partial charge is 0.326 e. The molecule has 1 fully saturated rings. The molecule has 0 aliphatic carbocycles. The van der Waals surface area contributed by atoms with E-state index in [1.807, 2.05) is 73.7 Å². The molecule has 3 amide bonds. The molecular weight excluding hydrogens is 380 g/mol. The normalized spacial score (nSPS) is 18.5. The van der Waals surface area contributed by atoms with Gasteiger partial charge in [-0.2, -0.15) is 0 Å². The standard InChI is InChI=1S/C24H22N2O4/c1-16-7-9-17(10-8-16)15-30-21(27)14-26-22(28)24(2,25-23(26)29)20-12-11-18-5-3-4-6-19(18)13-20/h3-13H,14-15H2,1-2H3,(H,25,29)/t24-/m0/s1. The monoisotopic (exact) mass is 402 g/mol. The van der Waals surface area contributed by atoms with Crippen LogP contribution in [0.4, 0.5) is 4.79 Å². The van der Waals surface area contributed by atoms with Crippen molar-refractivity contribution in [2.75, 3.05) is 6.54 Å². The topological polar surface area (TPSA) is 75.7 Å². The summed E-state index contributed by atoms with van der Waals surface area (Å²) in [5.41, 5.74) is 1.37. The molecule has 0 saturated carbocycles. The first-order valence-electron chi connectivity index (χ1n) is 9.71. The van der Waals surface area contributed by atoms with Gasteiger partial charge in [-0.05, 0) is 41.8 Å². The van der Waals surface area contributed by atoms with Gasteiger partial charge in [0.15, 0.2) is 0 Å². The van der Waals surface area contributed by atoms with Crippen LogP contribution in [-0.4, -0.2) is 29.4 Å². The van der Waals surface area contributed by atoms with Crippen LogP contribution in [0, 0.1) is 6.92 Å². The summed E-state index contributed by atoms with van der Waals surface area (Å²) in [5.74, 6) is -1.11. The number of nitrogens with zero attached hydrogens (tertiary/aromatic N) is 1. The molecule has 1 N–H and O–H groups in total. The number of ether oxygens (including phenoxy) is 1. The number of carbonyl (C=O) groups excluding carboxylic acids is 3. The van der Waals surface area contributed by atoms with Gasteiger partial charge in [-0.25, -0.2) is 4.79 Å². The molecule has 3 aromatic rings. The summed E-state index contributed by atoms with van der Waals surface area (Å²) >= 11 is 0. The number of carbonyl (C=O) groups is 3.